The molecule has 1 rings (SSSR count). The number of hydrogen-bond donors (Lipinski definition) is 1. The molecule has 18 heavy (non-hydrogen) atoms. The van der Waals surface area contributed by atoms with Crippen LogP contribution in [0, 0.1) is 10.1 Å². The third kappa shape index (κ3) is 4.00. The van der Waals surface area contributed by atoms with E-state index in [9.17, 15) is 14.9 Å². The number of nitro groups is 1. The van der Waals surface area contributed by atoms with E-state index in [4.69, 9.17) is 11.6 Å². The number of amides is 1. The van der Waals surface area contributed by atoms with Crippen LogP contribution in [-0.4, -0.2) is 17.4 Å². The third-order valence-electron chi connectivity index (χ3n) is 2.47. The van der Waals surface area contributed by atoms with Gasteiger partial charge in [0, 0.05) is 18.2 Å². The van der Waals surface area contributed by atoms with E-state index in [0.717, 1.165) is 19.3 Å². The van der Waals surface area contributed by atoms with Crippen molar-refractivity contribution in [2.45, 2.75) is 26.2 Å². The molecular weight excluding hydrogens is 256 g/mol. The zero-order chi connectivity index (χ0) is 13.5. The second kappa shape index (κ2) is 6.96. The highest BCUT2D eigenvalue weighted by Gasteiger charge is 2.15. The summed E-state index contributed by atoms with van der Waals surface area (Å²) in [6, 6.07) is 4.03. The zero-order valence-electron chi connectivity index (χ0n) is 10.1. The summed E-state index contributed by atoms with van der Waals surface area (Å²) in [7, 11) is 0. The van der Waals surface area contributed by atoms with Gasteiger partial charge in [0.1, 0.15) is 5.02 Å². The van der Waals surface area contributed by atoms with E-state index >= 15 is 0 Å². The van der Waals surface area contributed by atoms with Gasteiger partial charge in [-0.25, -0.2) is 0 Å². The predicted octanol–water partition coefficient (Wildman–Crippen LogP) is 3.17. The first-order chi connectivity index (χ1) is 8.56. The number of halogens is 1. The highest BCUT2D eigenvalue weighted by atomic mass is 35.5. The van der Waals surface area contributed by atoms with Crippen molar-refractivity contribution in [1.29, 1.82) is 0 Å². The molecule has 6 heteroatoms. The molecule has 1 aromatic carbocycles. The molecule has 0 heterocycles. The van der Waals surface area contributed by atoms with Crippen molar-refractivity contribution in [1.82, 2.24) is 5.32 Å². The first-order valence-electron chi connectivity index (χ1n) is 5.78. The van der Waals surface area contributed by atoms with Gasteiger partial charge in [0.25, 0.3) is 11.6 Å². The molecule has 98 valence electrons. The fourth-order valence-corrected chi connectivity index (χ4v) is 1.66. The van der Waals surface area contributed by atoms with Crippen LogP contribution in [0.2, 0.25) is 5.02 Å². The van der Waals surface area contributed by atoms with Gasteiger partial charge in [-0.15, -0.1) is 0 Å². The maximum atomic E-state index is 11.7. The topological polar surface area (TPSA) is 72.2 Å². The Labute approximate surface area is 110 Å². The fraction of sp³-hybridized carbons (Fsp3) is 0.417. The summed E-state index contributed by atoms with van der Waals surface area (Å²) in [5, 5.41) is 13.4. The minimum atomic E-state index is -0.601. The Kier molecular flexibility index (Phi) is 5.58. The van der Waals surface area contributed by atoms with Crippen LogP contribution in [0.25, 0.3) is 0 Å². The lowest BCUT2D eigenvalue weighted by atomic mass is 10.2. The zero-order valence-corrected chi connectivity index (χ0v) is 10.9. The maximum Gasteiger partial charge on any atom is 0.288 e. The SMILES string of the molecule is CCCCCNC(=O)c1ccc(Cl)c([N+](=O)[O-])c1. The van der Waals surface area contributed by atoms with Crippen LogP contribution in [0.5, 0.6) is 0 Å². The second-order valence-corrected chi connectivity index (χ2v) is 4.29. The van der Waals surface area contributed by atoms with Gasteiger partial charge >= 0.3 is 0 Å². The molecule has 0 bridgehead atoms. The summed E-state index contributed by atoms with van der Waals surface area (Å²) in [4.78, 5) is 21.8. The van der Waals surface area contributed by atoms with Crippen molar-refractivity contribution in [3.05, 3.63) is 38.9 Å². The summed E-state index contributed by atoms with van der Waals surface area (Å²) in [6.07, 6.45) is 3.02. The average molecular weight is 271 g/mol. The number of nitrogens with zero attached hydrogens (tertiary/aromatic N) is 1. The molecule has 0 aliphatic rings. The van der Waals surface area contributed by atoms with Gasteiger partial charge in [-0.1, -0.05) is 31.4 Å². The first-order valence-corrected chi connectivity index (χ1v) is 6.16. The fourth-order valence-electron chi connectivity index (χ4n) is 1.47. The molecule has 1 aromatic rings. The monoisotopic (exact) mass is 270 g/mol. The van der Waals surface area contributed by atoms with E-state index in [1.165, 1.54) is 18.2 Å². The van der Waals surface area contributed by atoms with Gasteiger partial charge in [0.05, 0.1) is 4.92 Å². The van der Waals surface area contributed by atoms with Gasteiger partial charge < -0.3 is 5.32 Å². The molecule has 0 saturated heterocycles. The normalized spacial score (nSPS) is 10.1. The summed E-state index contributed by atoms with van der Waals surface area (Å²) < 4.78 is 0. The van der Waals surface area contributed by atoms with Crippen LogP contribution in [0.4, 0.5) is 5.69 Å². The van der Waals surface area contributed by atoms with Gasteiger partial charge in [-0.2, -0.15) is 0 Å². The molecule has 0 radical (unpaired) electrons. The van der Waals surface area contributed by atoms with Crippen LogP contribution in [-0.2, 0) is 0 Å². The highest BCUT2D eigenvalue weighted by Crippen LogP contribution is 2.24. The minimum Gasteiger partial charge on any atom is -0.352 e. The Morgan fingerprint density at radius 1 is 1.44 bits per heavy atom. The van der Waals surface area contributed by atoms with Gasteiger partial charge in [0.2, 0.25) is 0 Å². The quantitative estimate of drug-likeness (QED) is 0.490. The summed E-state index contributed by atoms with van der Waals surface area (Å²) in [5.41, 5.74) is 0.000438. The van der Waals surface area contributed by atoms with Crippen LogP contribution in [0.3, 0.4) is 0 Å². The first kappa shape index (κ1) is 14.4. The Bertz CT molecular complexity index is 449. The largest absolute Gasteiger partial charge is 0.352 e. The molecule has 0 spiro atoms. The number of carbonyl (C=O) groups is 1. The molecule has 0 unspecified atom stereocenters. The second-order valence-electron chi connectivity index (χ2n) is 3.89. The van der Waals surface area contributed by atoms with Gasteiger partial charge in [0.15, 0.2) is 0 Å². The van der Waals surface area contributed by atoms with E-state index in [-0.39, 0.29) is 22.2 Å². The van der Waals surface area contributed by atoms with Crippen LogP contribution >= 0.6 is 11.6 Å². The van der Waals surface area contributed by atoms with Crippen molar-refractivity contribution in [3.8, 4) is 0 Å². The molecule has 5 nitrogen and oxygen atoms in total. The molecule has 1 amide bonds. The lowest BCUT2D eigenvalue weighted by molar-refractivity contribution is -0.384. The molecule has 0 saturated carbocycles. The lowest BCUT2D eigenvalue weighted by Crippen LogP contribution is -2.24. The maximum absolute atomic E-state index is 11.7. The molecular formula is C12H15ClN2O3. The number of unbranched alkanes of at least 4 members (excludes halogenated alkanes) is 2. The molecule has 0 atom stereocenters. The summed E-state index contributed by atoms with van der Waals surface area (Å²) in [6.45, 7) is 2.65. The van der Waals surface area contributed by atoms with E-state index < -0.39 is 4.92 Å². The number of hydrogen-bond acceptors (Lipinski definition) is 3. The van der Waals surface area contributed by atoms with Crippen molar-refractivity contribution < 1.29 is 9.72 Å². The third-order valence-corrected chi connectivity index (χ3v) is 2.79. The number of carbonyl (C=O) groups excluding carboxylic acids is 1. The Morgan fingerprint density at radius 3 is 2.78 bits per heavy atom. The van der Waals surface area contributed by atoms with E-state index in [0.29, 0.717) is 6.54 Å². The molecule has 0 aromatic heterocycles. The van der Waals surface area contributed by atoms with Crippen LogP contribution < -0.4 is 5.32 Å². The standard InChI is InChI=1S/C12H15ClN2O3/c1-2-3-4-7-14-12(16)9-5-6-10(13)11(8-9)15(17)18/h5-6,8H,2-4,7H2,1H3,(H,14,16). The molecule has 0 aliphatic heterocycles. The van der Waals surface area contributed by atoms with Crippen molar-refractivity contribution in [3.63, 3.8) is 0 Å². The highest BCUT2D eigenvalue weighted by molar-refractivity contribution is 6.32. The van der Waals surface area contributed by atoms with Crippen LogP contribution in [0.15, 0.2) is 18.2 Å². The predicted molar refractivity (Wildman–Crippen MR) is 70.0 cm³/mol. The van der Waals surface area contributed by atoms with Crippen molar-refractivity contribution in [2.75, 3.05) is 6.54 Å². The van der Waals surface area contributed by atoms with Crippen molar-refractivity contribution in [2.24, 2.45) is 0 Å². The Balaban J connectivity index is 2.68. The van der Waals surface area contributed by atoms with Gasteiger partial charge in [-0.3, -0.25) is 14.9 Å². The minimum absolute atomic E-state index is 0.0301. The van der Waals surface area contributed by atoms with Gasteiger partial charge in [-0.05, 0) is 18.6 Å². The molecule has 1 N–H and O–H groups in total. The molecule has 0 fully saturated rings. The smallest absolute Gasteiger partial charge is 0.288 e. The lowest BCUT2D eigenvalue weighted by Gasteiger charge is -2.05. The number of benzene rings is 1. The Hall–Kier alpha value is -1.62. The van der Waals surface area contributed by atoms with E-state index in [1.54, 1.807) is 0 Å². The average Bonchev–Trinajstić information content (AvgIpc) is 2.34. The van der Waals surface area contributed by atoms with Crippen LogP contribution in [0.1, 0.15) is 36.5 Å². The summed E-state index contributed by atoms with van der Waals surface area (Å²) >= 11 is 5.67. The van der Waals surface area contributed by atoms with Crippen molar-refractivity contribution >= 4 is 23.2 Å². The number of nitro benzene ring substituents is 1. The Morgan fingerprint density at radius 2 is 2.17 bits per heavy atom. The number of nitrogens with one attached hydrogen (secondary N) is 1. The van der Waals surface area contributed by atoms with E-state index in [1.807, 2.05) is 0 Å². The van der Waals surface area contributed by atoms with E-state index in [2.05, 4.69) is 12.2 Å². The molecule has 0 aliphatic carbocycles. The summed E-state index contributed by atoms with van der Waals surface area (Å²) in [5.74, 6) is -0.314. The number of rotatable bonds is 6.